The van der Waals surface area contributed by atoms with Crippen molar-refractivity contribution in [3.63, 3.8) is 0 Å². The second-order valence-corrected chi connectivity index (χ2v) is 6.14. The van der Waals surface area contributed by atoms with Gasteiger partial charge in [-0.2, -0.15) is 0 Å². The van der Waals surface area contributed by atoms with Crippen LogP contribution in [0.2, 0.25) is 0 Å². The predicted molar refractivity (Wildman–Crippen MR) is 77.9 cm³/mol. The minimum absolute atomic E-state index is 0.0276. The lowest BCUT2D eigenvalue weighted by molar-refractivity contribution is -0.384. The van der Waals surface area contributed by atoms with Crippen molar-refractivity contribution in [2.24, 2.45) is 0 Å². The van der Waals surface area contributed by atoms with E-state index in [2.05, 4.69) is 15.9 Å². The first-order valence-electron chi connectivity index (χ1n) is 5.87. The van der Waals surface area contributed by atoms with Crippen LogP contribution in [0.25, 0.3) is 10.9 Å². The summed E-state index contributed by atoms with van der Waals surface area (Å²) >= 11 is 3.30. The third-order valence-electron chi connectivity index (χ3n) is 2.54. The number of carbonyl (C=O) groups excluding carboxylic acids is 1. The second-order valence-electron chi connectivity index (χ2n) is 5.29. The molecule has 0 radical (unpaired) electrons. The lowest BCUT2D eigenvalue weighted by Crippen LogP contribution is -2.26. The van der Waals surface area contributed by atoms with E-state index >= 15 is 0 Å². The van der Waals surface area contributed by atoms with Crippen LogP contribution in [0.5, 0.6) is 0 Å². The van der Waals surface area contributed by atoms with Gasteiger partial charge in [-0.05, 0) is 42.8 Å². The van der Waals surface area contributed by atoms with Gasteiger partial charge in [0.1, 0.15) is 5.60 Å². The Balaban J connectivity index is 2.51. The number of hydrogen-bond donors (Lipinski definition) is 0. The van der Waals surface area contributed by atoms with Gasteiger partial charge in [-0.25, -0.2) is 4.79 Å². The summed E-state index contributed by atoms with van der Waals surface area (Å²) in [5.74, 6) is 0. The molecule has 1 aromatic carbocycles. The van der Waals surface area contributed by atoms with Gasteiger partial charge in [0.15, 0.2) is 0 Å². The van der Waals surface area contributed by atoms with E-state index in [4.69, 9.17) is 4.74 Å². The fourth-order valence-corrected chi connectivity index (χ4v) is 2.28. The van der Waals surface area contributed by atoms with Gasteiger partial charge in [-0.15, -0.1) is 0 Å². The Morgan fingerprint density at radius 2 is 2.05 bits per heavy atom. The zero-order chi connectivity index (χ0) is 15.1. The predicted octanol–water partition coefficient (Wildman–Crippen LogP) is 4.10. The normalized spacial score (nSPS) is 11.6. The average Bonchev–Trinajstić information content (AvgIpc) is 2.64. The number of nitro groups is 1. The van der Waals surface area contributed by atoms with Crippen molar-refractivity contribution in [3.05, 3.63) is 39.0 Å². The van der Waals surface area contributed by atoms with Crippen LogP contribution in [0, 0.1) is 10.1 Å². The molecule has 0 aliphatic carbocycles. The lowest BCUT2D eigenvalue weighted by atomic mass is 10.2. The standard InChI is InChI=1S/C13H13BrN2O4/c1-13(2,3)20-12(17)15-7-10(14)9-6-8(16(18)19)4-5-11(9)15/h4-7H,1-3H3. The van der Waals surface area contributed by atoms with Gasteiger partial charge < -0.3 is 4.74 Å². The highest BCUT2D eigenvalue weighted by Crippen LogP contribution is 2.30. The number of hydrogen-bond acceptors (Lipinski definition) is 4. The smallest absolute Gasteiger partial charge is 0.419 e. The number of fused-ring (bicyclic) bond motifs is 1. The number of halogens is 1. The summed E-state index contributed by atoms with van der Waals surface area (Å²) in [6.45, 7) is 5.32. The summed E-state index contributed by atoms with van der Waals surface area (Å²) in [6, 6.07) is 4.30. The fraction of sp³-hybridized carbons (Fsp3) is 0.308. The van der Waals surface area contributed by atoms with Crippen LogP contribution < -0.4 is 0 Å². The van der Waals surface area contributed by atoms with Crippen molar-refractivity contribution < 1.29 is 14.5 Å². The topological polar surface area (TPSA) is 74.4 Å². The minimum atomic E-state index is -0.610. The van der Waals surface area contributed by atoms with Crippen molar-refractivity contribution >= 4 is 38.6 Å². The van der Waals surface area contributed by atoms with Gasteiger partial charge >= 0.3 is 6.09 Å². The highest BCUT2D eigenvalue weighted by molar-refractivity contribution is 9.10. The highest BCUT2D eigenvalue weighted by atomic mass is 79.9. The molecule has 1 heterocycles. The van der Waals surface area contributed by atoms with Crippen molar-refractivity contribution in [1.29, 1.82) is 0 Å². The highest BCUT2D eigenvalue weighted by Gasteiger charge is 2.21. The Kier molecular flexibility index (Phi) is 3.56. The molecule has 20 heavy (non-hydrogen) atoms. The molecule has 2 rings (SSSR count). The molecule has 0 spiro atoms. The van der Waals surface area contributed by atoms with Crippen molar-refractivity contribution in [3.8, 4) is 0 Å². The SMILES string of the molecule is CC(C)(C)OC(=O)n1cc(Br)c2cc([N+](=O)[O-])ccc21. The van der Waals surface area contributed by atoms with E-state index in [0.29, 0.717) is 15.4 Å². The van der Waals surface area contributed by atoms with Crippen LogP contribution >= 0.6 is 15.9 Å². The van der Waals surface area contributed by atoms with Crippen LogP contribution in [0.15, 0.2) is 28.9 Å². The summed E-state index contributed by atoms with van der Waals surface area (Å²) in [5, 5.41) is 11.4. The van der Waals surface area contributed by atoms with E-state index in [1.807, 2.05) is 0 Å². The molecule has 2 aromatic rings. The van der Waals surface area contributed by atoms with Crippen molar-refractivity contribution in [1.82, 2.24) is 4.57 Å². The first kappa shape index (κ1) is 14.5. The zero-order valence-corrected chi connectivity index (χ0v) is 12.8. The Bertz CT molecular complexity index is 700. The Hall–Kier alpha value is -1.89. The third-order valence-corrected chi connectivity index (χ3v) is 3.17. The van der Waals surface area contributed by atoms with E-state index in [-0.39, 0.29) is 5.69 Å². The van der Waals surface area contributed by atoms with Gasteiger partial charge in [0.05, 0.1) is 10.4 Å². The van der Waals surface area contributed by atoms with Crippen LogP contribution in [0.3, 0.4) is 0 Å². The molecule has 0 fully saturated rings. The summed E-state index contributed by atoms with van der Waals surface area (Å²) < 4.78 is 7.22. The summed E-state index contributed by atoms with van der Waals surface area (Å²) in [6.07, 6.45) is 1.02. The van der Waals surface area contributed by atoms with Crippen LogP contribution in [-0.2, 0) is 4.74 Å². The first-order valence-corrected chi connectivity index (χ1v) is 6.67. The lowest BCUT2D eigenvalue weighted by Gasteiger charge is -2.19. The molecule has 0 saturated heterocycles. The molecule has 0 unspecified atom stereocenters. The van der Waals surface area contributed by atoms with E-state index < -0.39 is 16.6 Å². The third kappa shape index (κ3) is 2.82. The van der Waals surface area contributed by atoms with Gasteiger partial charge in [0, 0.05) is 28.2 Å². The average molecular weight is 341 g/mol. The summed E-state index contributed by atoms with van der Waals surface area (Å²) in [5.41, 5.74) is -0.0853. The van der Waals surface area contributed by atoms with Crippen molar-refractivity contribution in [2.75, 3.05) is 0 Å². The van der Waals surface area contributed by atoms with Gasteiger partial charge in [-0.1, -0.05) is 0 Å². The van der Waals surface area contributed by atoms with Gasteiger partial charge in [0.25, 0.3) is 5.69 Å². The number of nitrogens with zero attached hydrogens (tertiary/aromatic N) is 2. The van der Waals surface area contributed by atoms with Gasteiger partial charge in [0.2, 0.25) is 0 Å². The van der Waals surface area contributed by atoms with Crippen LogP contribution in [0.4, 0.5) is 10.5 Å². The number of nitro benzene ring substituents is 1. The number of ether oxygens (including phenoxy) is 1. The Morgan fingerprint density at radius 3 is 2.60 bits per heavy atom. The summed E-state index contributed by atoms with van der Waals surface area (Å²) in [7, 11) is 0. The fourth-order valence-electron chi connectivity index (χ4n) is 1.75. The maximum absolute atomic E-state index is 12.1. The quantitative estimate of drug-likeness (QED) is 0.578. The summed E-state index contributed by atoms with van der Waals surface area (Å²) in [4.78, 5) is 22.4. The van der Waals surface area contributed by atoms with Crippen LogP contribution in [-0.4, -0.2) is 21.2 Å². The molecular formula is C13H13BrN2O4. The molecule has 0 aliphatic heterocycles. The van der Waals surface area contributed by atoms with E-state index in [0.717, 1.165) is 0 Å². The molecular weight excluding hydrogens is 328 g/mol. The number of rotatable bonds is 1. The molecule has 0 N–H and O–H groups in total. The molecule has 106 valence electrons. The molecule has 1 aromatic heterocycles. The molecule has 0 bridgehead atoms. The zero-order valence-electron chi connectivity index (χ0n) is 11.2. The maximum Gasteiger partial charge on any atom is 0.419 e. The first-order chi connectivity index (χ1) is 9.19. The van der Waals surface area contributed by atoms with Crippen molar-refractivity contribution in [2.45, 2.75) is 26.4 Å². The molecule has 0 saturated carbocycles. The minimum Gasteiger partial charge on any atom is -0.443 e. The van der Waals surface area contributed by atoms with Gasteiger partial charge in [-0.3, -0.25) is 14.7 Å². The number of benzene rings is 1. The Labute approximate surface area is 123 Å². The molecule has 0 atom stereocenters. The van der Waals surface area contributed by atoms with E-state index in [1.165, 1.54) is 22.8 Å². The largest absolute Gasteiger partial charge is 0.443 e. The number of aromatic nitrogens is 1. The molecule has 7 heteroatoms. The second kappa shape index (κ2) is 4.90. The molecule has 0 amide bonds. The van der Waals surface area contributed by atoms with E-state index in [1.54, 1.807) is 27.0 Å². The molecule has 6 nitrogen and oxygen atoms in total. The number of carbonyl (C=O) groups is 1. The monoisotopic (exact) mass is 340 g/mol. The van der Waals surface area contributed by atoms with E-state index in [9.17, 15) is 14.9 Å². The Morgan fingerprint density at radius 1 is 1.40 bits per heavy atom. The van der Waals surface area contributed by atoms with Crippen LogP contribution in [0.1, 0.15) is 20.8 Å². The maximum atomic E-state index is 12.1. The number of non-ortho nitro benzene ring substituents is 1. The molecule has 0 aliphatic rings.